The van der Waals surface area contributed by atoms with Crippen LogP contribution in [0.3, 0.4) is 0 Å². The summed E-state index contributed by atoms with van der Waals surface area (Å²) >= 11 is 1.29. The Morgan fingerprint density at radius 1 is 1.39 bits per heavy atom. The topological polar surface area (TPSA) is 92.7 Å². The van der Waals surface area contributed by atoms with Gasteiger partial charge in [-0.1, -0.05) is 0 Å². The Hall–Kier alpha value is -1.24. The number of esters is 1. The molecule has 0 rings (SSSR count). The number of rotatable bonds is 7. The molecule has 0 aliphatic rings. The van der Waals surface area contributed by atoms with Gasteiger partial charge < -0.3 is 15.2 Å². The van der Waals surface area contributed by atoms with Gasteiger partial charge in [-0.3, -0.25) is 9.59 Å². The van der Waals surface area contributed by atoms with Crippen molar-refractivity contribution in [2.24, 2.45) is 5.41 Å². The summed E-state index contributed by atoms with van der Waals surface area (Å²) in [6, 6.07) is -0.944. The van der Waals surface area contributed by atoms with E-state index in [0.29, 0.717) is 5.75 Å². The molecule has 0 aromatic rings. The number of nitrogens with one attached hydrogen (secondary N) is 1. The third-order valence-electron chi connectivity index (χ3n) is 2.16. The largest absolute Gasteiger partial charge is 0.480 e. The number of carbonyl (C=O) groups is 3. The van der Waals surface area contributed by atoms with Gasteiger partial charge in [0.25, 0.3) is 0 Å². The molecule has 0 heterocycles. The molecule has 0 radical (unpaired) electrons. The van der Waals surface area contributed by atoms with E-state index in [9.17, 15) is 14.4 Å². The number of carboxylic acid groups (broad SMARTS) is 1. The maximum Gasteiger partial charge on any atom is 0.327 e. The van der Waals surface area contributed by atoms with Crippen LogP contribution < -0.4 is 5.32 Å². The van der Waals surface area contributed by atoms with E-state index in [1.54, 1.807) is 13.8 Å². The lowest BCUT2D eigenvalue weighted by Gasteiger charge is -2.21. The highest BCUT2D eigenvalue weighted by Crippen LogP contribution is 2.23. The lowest BCUT2D eigenvalue weighted by molar-refractivity contribution is -0.149. The third-order valence-corrected chi connectivity index (χ3v) is 3.66. The Balaban J connectivity index is 4.26. The molecule has 2 N–H and O–H groups in total. The molecule has 0 aromatic carbocycles. The number of thioether (sulfide) groups is 1. The molecule has 0 saturated heterocycles. The van der Waals surface area contributed by atoms with Gasteiger partial charge >= 0.3 is 11.9 Å². The molecule has 104 valence electrons. The van der Waals surface area contributed by atoms with Crippen molar-refractivity contribution in [1.82, 2.24) is 5.32 Å². The van der Waals surface area contributed by atoms with Gasteiger partial charge in [0.15, 0.2) is 0 Å². The summed E-state index contributed by atoms with van der Waals surface area (Å²) in [5.41, 5.74) is -0.682. The first-order valence-corrected chi connectivity index (χ1v) is 6.52. The Bertz CT molecular complexity index is 329. The average molecular weight is 277 g/mol. The van der Waals surface area contributed by atoms with Gasteiger partial charge in [-0.05, 0) is 13.8 Å². The smallest absolute Gasteiger partial charge is 0.327 e. The molecular formula is C11H19NO5S. The zero-order valence-electron chi connectivity index (χ0n) is 11.0. The standard InChI is InChI=1S/C11H19NO5S/c1-7(13)12-8(9(14)15)5-18-6-11(2,3)10(16)17-4/h8H,5-6H2,1-4H3,(H,12,13)(H,14,15). The molecule has 0 saturated carbocycles. The summed E-state index contributed by atoms with van der Waals surface area (Å²) in [4.78, 5) is 33.1. The summed E-state index contributed by atoms with van der Waals surface area (Å²) in [5, 5.41) is 11.2. The molecule has 1 amide bonds. The number of hydrogen-bond acceptors (Lipinski definition) is 5. The Labute approximate surface area is 110 Å². The molecule has 0 spiro atoms. The highest BCUT2D eigenvalue weighted by molar-refractivity contribution is 7.99. The van der Waals surface area contributed by atoms with Crippen molar-refractivity contribution in [3.8, 4) is 0 Å². The Morgan fingerprint density at radius 2 is 1.94 bits per heavy atom. The van der Waals surface area contributed by atoms with E-state index in [1.807, 2.05) is 0 Å². The van der Waals surface area contributed by atoms with Crippen molar-refractivity contribution >= 4 is 29.6 Å². The fourth-order valence-corrected chi connectivity index (χ4v) is 2.39. The van der Waals surface area contributed by atoms with Gasteiger partial charge in [-0.2, -0.15) is 11.8 Å². The van der Waals surface area contributed by atoms with Crippen molar-refractivity contribution in [1.29, 1.82) is 0 Å². The molecule has 0 bridgehead atoms. The SMILES string of the molecule is COC(=O)C(C)(C)CSCC(NC(C)=O)C(=O)O. The van der Waals surface area contributed by atoms with Crippen LogP contribution in [0.15, 0.2) is 0 Å². The predicted molar refractivity (Wildman–Crippen MR) is 68.4 cm³/mol. The summed E-state index contributed by atoms with van der Waals surface area (Å²) < 4.78 is 4.65. The van der Waals surface area contributed by atoms with Crippen molar-refractivity contribution in [3.63, 3.8) is 0 Å². The van der Waals surface area contributed by atoms with E-state index in [2.05, 4.69) is 10.1 Å². The summed E-state index contributed by atoms with van der Waals surface area (Å²) in [6.07, 6.45) is 0. The molecule has 0 aliphatic carbocycles. The molecule has 1 atom stereocenters. The molecule has 0 fully saturated rings. The van der Waals surface area contributed by atoms with Gasteiger partial charge in [0.05, 0.1) is 12.5 Å². The lowest BCUT2D eigenvalue weighted by atomic mass is 9.97. The molecule has 0 aliphatic heterocycles. The van der Waals surface area contributed by atoms with Crippen LogP contribution in [0, 0.1) is 5.41 Å². The van der Waals surface area contributed by atoms with Crippen LogP contribution in [-0.2, 0) is 19.1 Å². The van der Waals surface area contributed by atoms with Crippen LogP contribution >= 0.6 is 11.8 Å². The number of carboxylic acids is 1. The minimum absolute atomic E-state index is 0.204. The molecule has 6 nitrogen and oxygen atoms in total. The second-order valence-electron chi connectivity index (χ2n) is 4.48. The summed E-state index contributed by atoms with van der Waals surface area (Å²) in [7, 11) is 1.31. The number of amides is 1. The van der Waals surface area contributed by atoms with E-state index >= 15 is 0 Å². The zero-order chi connectivity index (χ0) is 14.3. The van der Waals surface area contributed by atoms with Gasteiger partial charge in [-0.25, -0.2) is 4.79 Å². The number of hydrogen-bond donors (Lipinski definition) is 2. The molecule has 18 heavy (non-hydrogen) atoms. The van der Waals surface area contributed by atoms with E-state index in [0.717, 1.165) is 0 Å². The lowest BCUT2D eigenvalue weighted by Crippen LogP contribution is -2.42. The van der Waals surface area contributed by atoms with E-state index in [-0.39, 0.29) is 11.7 Å². The van der Waals surface area contributed by atoms with Gasteiger partial charge in [0, 0.05) is 18.4 Å². The van der Waals surface area contributed by atoms with Crippen LogP contribution in [-0.4, -0.2) is 47.6 Å². The molecular weight excluding hydrogens is 258 g/mol. The van der Waals surface area contributed by atoms with E-state index in [1.165, 1.54) is 25.8 Å². The Morgan fingerprint density at radius 3 is 2.33 bits per heavy atom. The average Bonchev–Trinajstić information content (AvgIpc) is 2.25. The number of methoxy groups -OCH3 is 1. The van der Waals surface area contributed by atoms with Gasteiger partial charge in [0.1, 0.15) is 6.04 Å². The highest BCUT2D eigenvalue weighted by atomic mass is 32.2. The minimum atomic E-state index is -1.09. The maximum atomic E-state index is 11.4. The van der Waals surface area contributed by atoms with Crippen molar-refractivity contribution in [2.75, 3.05) is 18.6 Å². The van der Waals surface area contributed by atoms with Gasteiger partial charge in [0.2, 0.25) is 5.91 Å². The quantitative estimate of drug-likeness (QED) is 0.659. The van der Waals surface area contributed by atoms with Crippen molar-refractivity contribution in [3.05, 3.63) is 0 Å². The highest BCUT2D eigenvalue weighted by Gasteiger charge is 2.29. The second kappa shape index (κ2) is 7.25. The zero-order valence-corrected chi connectivity index (χ0v) is 11.8. The van der Waals surface area contributed by atoms with Gasteiger partial charge in [-0.15, -0.1) is 0 Å². The minimum Gasteiger partial charge on any atom is -0.480 e. The van der Waals surface area contributed by atoms with Crippen molar-refractivity contribution in [2.45, 2.75) is 26.8 Å². The molecule has 0 aromatic heterocycles. The Kier molecular flexibility index (Phi) is 6.75. The van der Waals surface area contributed by atoms with Crippen LogP contribution in [0.4, 0.5) is 0 Å². The maximum absolute atomic E-state index is 11.4. The predicted octanol–water partition coefficient (Wildman–Crippen LogP) is 0.508. The van der Waals surface area contributed by atoms with Crippen LogP contribution in [0.5, 0.6) is 0 Å². The first-order valence-electron chi connectivity index (χ1n) is 5.36. The fourth-order valence-electron chi connectivity index (χ4n) is 1.19. The fraction of sp³-hybridized carbons (Fsp3) is 0.727. The normalized spacial score (nSPS) is 12.7. The molecule has 7 heteroatoms. The van der Waals surface area contributed by atoms with Crippen LogP contribution in [0.2, 0.25) is 0 Å². The monoisotopic (exact) mass is 277 g/mol. The van der Waals surface area contributed by atoms with Crippen LogP contribution in [0.1, 0.15) is 20.8 Å². The summed E-state index contributed by atoms with van der Waals surface area (Å²) in [5.74, 6) is -1.21. The molecule has 1 unspecified atom stereocenters. The van der Waals surface area contributed by atoms with E-state index < -0.39 is 23.3 Å². The van der Waals surface area contributed by atoms with Crippen molar-refractivity contribution < 1.29 is 24.2 Å². The van der Waals surface area contributed by atoms with E-state index in [4.69, 9.17) is 5.11 Å². The third kappa shape index (κ3) is 5.90. The first kappa shape index (κ1) is 16.8. The van der Waals surface area contributed by atoms with Crippen LogP contribution in [0.25, 0.3) is 0 Å². The number of aliphatic carboxylic acids is 1. The first-order chi connectivity index (χ1) is 8.20. The number of ether oxygens (including phenoxy) is 1. The summed E-state index contributed by atoms with van der Waals surface area (Å²) in [6.45, 7) is 4.71. The second-order valence-corrected chi connectivity index (χ2v) is 5.51. The number of carbonyl (C=O) groups excluding carboxylic acids is 2.